The molecule has 1 aliphatic carbocycles. The fourth-order valence-electron chi connectivity index (χ4n) is 2.56. The summed E-state index contributed by atoms with van der Waals surface area (Å²) >= 11 is 9.40. The molecule has 0 aliphatic heterocycles. The van der Waals surface area contributed by atoms with Crippen molar-refractivity contribution in [3.8, 4) is 5.75 Å². The van der Waals surface area contributed by atoms with Gasteiger partial charge in [-0.3, -0.25) is 4.79 Å². The van der Waals surface area contributed by atoms with Crippen LogP contribution in [0.4, 0.5) is 5.69 Å². The lowest BCUT2D eigenvalue weighted by Crippen LogP contribution is -2.20. The zero-order valence-corrected chi connectivity index (χ0v) is 14.2. The number of hydrogen-bond acceptors (Lipinski definition) is 2. The van der Waals surface area contributed by atoms with Crippen molar-refractivity contribution in [1.82, 2.24) is 0 Å². The van der Waals surface area contributed by atoms with Crippen LogP contribution in [0.5, 0.6) is 5.75 Å². The molecule has 0 radical (unpaired) electrons. The fourth-order valence-corrected chi connectivity index (χ4v) is 3.28. The second kappa shape index (κ2) is 6.71. The summed E-state index contributed by atoms with van der Waals surface area (Å²) in [6.07, 6.45) is 3.42. The Morgan fingerprint density at radius 3 is 2.82 bits per heavy atom. The van der Waals surface area contributed by atoms with Crippen molar-refractivity contribution in [3.05, 3.63) is 57.0 Å². The third-order valence-corrected chi connectivity index (χ3v) is 4.45. The Kier molecular flexibility index (Phi) is 4.69. The number of benzene rings is 2. The fraction of sp³-hybridized carbons (Fsp3) is 0.235. The maximum atomic E-state index is 12.0. The molecule has 0 saturated carbocycles. The normalized spacial score (nSPS) is 12.8. The van der Waals surface area contributed by atoms with Crippen LogP contribution in [0.15, 0.2) is 40.9 Å². The molecule has 114 valence electrons. The van der Waals surface area contributed by atoms with Crippen LogP contribution >= 0.6 is 27.5 Å². The van der Waals surface area contributed by atoms with E-state index in [1.54, 1.807) is 12.1 Å². The number of fused-ring (bicyclic) bond motifs is 1. The summed E-state index contributed by atoms with van der Waals surface area (Å²) in [6, 6.07) is 11.3. The number of carbonyl (C=O) groups is 1. The van der Waals surface area contributed by atoms with Gasteiger partial charge in [-0.05, 0) is 60.7 Å². The minimum absolute atomic E-state index is 0.0365. The number of hydrogen-bond donors (Lipinski definition) is 1. The Balaban J connectivity index is 1.58. The van der Waals surface area contributed by atoms with Crippen molar-refractivity contribution in [2.75, 3.05) is 11.9 Å². The molecule has 0 atom stereocenters. The largest absolute Gasteiger partial charge is 0.484 e. The van der Waals surface area contributed by atoms with Gasteiger partial charge >= 0.3 is 0 Å². The van der Waals surface area contributed by atoms with Crippen LogP contribution in [0, 0.1) is 0 Å². The van der Waals surface area contributed by atoms with Crippen LogP contribution in [0.3, 0.4) is 0 Å². The molecule has 2 aromatic rings. The number of halogens is 2. The van der Waals surface area contributed by atoms with Gasteiger partial charge in [0.15, 0.2) is 6.61 Å². The van der Waals surface area contributed by atoms with Crippen molar-refractivity contribution >= 4 is 39.1 Å². The number of amides is 1. The van der Waals surface area contributed by atoms with Gasteiger partial charge in [0.25, 0.3) is 5.91 Å². The lowest BCUT2D eigenvalue weighted by Gasteiger charge is -2.10. The molecule has 3 nitrogen and oxygen atoms in total. The molecule has 0 spiro atoms. The Morgan fingerprint density at radius 2 is 2.00 bits per heavy atom. The van der Waals surface area contributed by atoms with Crippen LogP contribution < -0.4 is 10.1 Å². The zero-order valence-electron chi connectivity index (χ0n) is 11.9. The van der Waals surface area contributed by atoms with Gasteiger partial charge in [-0.2, -0.15) is 0 Å². The predicted molar refractivity (Wildman–Crippen MR) is 91.7 cm³/mol. The Labute approximate surface area is 142 Å². The van der Waals surface area contributed by atoms with E-state index in [9.17, 15) is 4.79 Å². The monoisotopic (exact) mass is 379 g/mol. The van der Waals surface area contributed by atoms with Gasteiger partial charge in [0.2, 0.25) is 0 Å². The maximum Gasteiger partial charge on any atom is 0.262 e. The Bertz CT molecular complexity index is 718. The minimum atomic E-state index is -0.232. The first kappa shape index (κ1) is 15.4. The molecular formula is C17H15BrClNO2. The molecule has 0 aromatic heterocycles. The standard InChI is InChI=1S/C17H15BrClNO2/c18-13-5-7-16(15(19)9-13)20-17(21)10-22-14-6-4-11-2-1-3-12(11)8-14/h4-9H,1-3,10H2,(H,20,21). The molecule has 0 fully saturated rings. The third-order valence-electron chi connectivity index (χ3n) is 3.65. The summed E-state index contributed by atoms with van der Waals surface area (Å²) in [5.74, 6) is 0.502. The molecule has 1 aliphatic rings. The lowest BCUT2D eigenvalue weighted by atomic mass is 10.1. The summed E-state index contributed by atoms with van der Waals surface area (Å²) in [4.78, 5) is 12.0. The number of rotatable bonds is 4. The molecule has 0 saturated heterocycles. The number of nitrogens with one attached hydrogen (secondary N) is 1. The first-order chi connectivity index (χ1) is 10.6. The van der Waals surface area contributed by atoms with Crippen molar-refractivity contribution in [1.29, 1.82) is 0 Å². The molecule has 1 N–H and O–H groups in total. The average Bonchev–Trinajstić information content (AvgIpc) is 2.95. The van der Waals surface area contributed by atoms with Crippen molar-refractivity contribution < 1.29 is 9.53 Å². The number of anilines is 1. The van der Waals surface area contributed by atoms with Gasteiger partial charge in [-0.1, -0.05) is 33.6 Å². The van der Waals surface area contributed by atoms with E-state index in [2.05, 4.69) is 27.3 Å². The van der Waals surface area contributed by atoms with Crippen LogP contribution in [0.1, 0.15) is 17.5 Å². The highest BCUT2D eigenvalue weighted by molar-refractivity contribution is 9.10. The third kappa shape index (κ3) is 3.62. The quantitative estimate of drug-likeness (QED) is 0.841. The summed E-state index contributed by atoms with van der Waals surface area (Å²) in [6.45, 7) is -0.0365. The molecule has 22 heavy (non-hydrogen) atoms. The summed E-state index contributed by atoms with van der Waals surface area (Å²) in [5.41, 5.74) is 3.29. The molecule has 0 unspecified atom stereocenters. The van der Waals surface area contributed by atoms with E-state index in [0.717, 1.165) is 23.1 Å². The topological polar surface area (TPSA) is 38.3 Å². The zero-order chi connectivity index (χ0) is 15.5. The molecule has 2 aromatic carbocycles. The lowest BCUT2D eigenvalue weighted by molar-refractivity contribution is -0.118. The van der Waals surface area contributed by atoms with E-state index in [1.165, 1.54) is 17.5 Å². The van der Waals surface area contributed by atoms with E-state index in [-0.39, 0.29) is 12.5 Å². The van der Waals surface area contributed by atoms with Gasteiger partial charge in [0.05, 0.1) is 10.7 Å². The van der Waals surface area contributed by atoms with E-state index in [0.29, 0.717) is 10.7 Å². The van der Waals surface area contributed by atoms with Gasteiger partial charge in [-0.25, -0.2) is 0 Å². The van der Waals surface area contributed by atoms with E-state index < -0.39 is 0 Å². The maximum absolute atomic E-state index is 12.0. The molecule has 1 amide bonds. The van der Waals surface area contributed by atoms with E-state index >= 15 is 0 Å². The van der Waals surface area contributed by atoms with Gasteiger partial charge in [0, 0.05) is 4.47 Å². The highest BCUT2D eigenvalue weighted by Gasteiger charge is 2.12. The van der Waals surface area contributed by atoms with Gasteiger partial charge < -0.3 is 10.1 Å². The van der Waals surface area contributed by atoms with E-state index in [1.807, 2.05) is 18.2 Å². The van der Waals surface area contributed by atoms with E-state index in [4.69, 9.17) is 16.3 Å². The summed E-state index contributed by atoms with van der Waals surface area (Å²) < 4.78 is 6.43. The van der Waals surface area contributed by atoms with Crippen LogP contribution in [-0.2, 0) is 17.6 Å². The molecular weight excluding hydrogens is 366 g/mol. The molecule has 0 bridgehead atoms. The van der Waals surface area contributed by atoms with Crippen molar-refractivity contribution in [2.45, 2.75) is 19.3 Å². The SMILES string of the molecule is O=C(COc1ccc2c(c1)CCC2)Nc1ccc(Br)cc1Cl. The van der Waals surface area contributed by atoms with Gasteiger partial charge in [-0.15, -0.1) is 0 Å². The summed E-state index contributed by atoms with van der Waals surface area (Å²) in [7, 11) is 0. The first-order valence-corrected chi connectivity index (χ1v) is 8.28. The average molecular weight is 381 g/mol. The predicted octanol–water partition coefficient (Wildman–Crippen LogP) is 4.61. The minimum Gasteiger partial charge on any atom is -0.484 e. The van der Waals surface area contributed by atoms with Crippen LogP contribution in [-0.4, -0.2) is 12.5 Å². The van der Waals surface area contributed by atoms with Crippen molar-refractivity contribution in [3.63, 3.8) is 0 Å². The van der Waals surface area contributed by atoms with Gasteiger partial charge in [0.1, 0.15) is 5.75 Å². The number of aryl methyl sites for hydroxylation is 2. The van der Waals surface area contributed by atoms with Crippen LogP contribution in [0.25, 0.3) is 0 Å². The second-order valence-electron chi connectivity index (χ2n) is 5.25. The Morgan fingerprint density at radius 1 is 1.18 bits per heavy atom. The second-order valence-corrected chi connectivity index (χ2v) is 6.57. The Hall–Kier alpha value is -1.52. The first-order valence-electron chi connectivity index (χ1n) is 7.11. The number of carbonyl (C=O) groups excluding carboxylic acids is 1. The smallest absolute Gasteiger partial charge is 0.262 e. The number of ether oxygens (including phenoxy) is 1. The summed E-state index contributed by atoms with van der Waals surface area (Å²) in [5, 5.41) is 3.23. The molecule has 0 heterocycles. The van der Waals surface area contributed by atoms with Crippen molar-refractivity contribution in [2.24, 2.45) is 0 Å². The molecule has 5 heteroatoms. The highest BCUT2D eigenvalue weighted by Crippen LogP contribution is 2.27. The van der Waals surface area contributed by atoms with Crippen LogP contribution in [0.2, 0.25) is 5.02 Å². The highest BCUT2D eigenvalue weighted by atomic mass is 79.9. The molecule has 3 rings (SSSR count).